The smallest absolute Gasteiger partial charge is 0.243 e. The molecule has 0 heterocycles. The van der Waals surface area contributed by atoms with Crippen molar-refractivity contribution in [1.82, 2.24) is 0 Å². The van der Waals surface area contributed by atoms with E-state index < -0.39 is 0 Å². The van der Waals surface area contributed by atoms with Crippen LogP contribution in [0.25, 0.3) is 0 Å². The molecule has 2 aromatic carbocycles. The van der Waals surface area contributed by atoms with Crippen molar-refractivity contribution in [3.05, 3.63) is 48.5 Å². The van der Waals surface area contributed by atoms with Gasteiger partial charge in [0.15, 0.2) is 0 Å². The molecule has 0 bridgehead atoms. The molecule has 0 aliphatic heterocycles. The van der Waals surface area contributed by atoms with E-state index in [2.05, 4.69) is 17.6 Å². The highest BCUT2D eigenvalue weighted by molar-refractivity contribution is 5.94. The molecule has 2 N–H and O–H groups in total. The number of amides is 2. The van der Waals surface area contributed by atoms with Crippen LogP contribution in [0, 0.1) is 0 Å². The van der Waals surface area contributed by atoms with E-state index in [1.165, 1.54) is 26.2 Å². The molecule has 0 aliphatic rings. The minimum absolute atomic E-state index is 0.0427. The van der Waals surface area contributed by atoms with Gasteiger partial charge in [0.25, 0.3) is 0 Å². The fourth-order valence-corrected chi connectivity index (χ4v) is 2.73. The Kier molecular flexibility index (Phi) is 9.02. The summed E-state index contributed by atoms with van der Waals surface area (Å²) in [6.45, 7) is 4.59. The zero-order chi connectivity index (χ0) is 21.1. The van der Waals surface area contributed by atoms with Crippen molar-refractivity contribution in [3.63, 3.8) is 0 Å². The van der Waals surface area contributed by atoms with Gasteiger partial charge in [0.05, 0.1) is 13.2 Å². The molecular formula is C23H31N3O3. The number of hydrogen-bond acceptors (Lipinski definition) is 4. The largest absolute Gasteiger partial charge is 0.494 e. The van der Waals surface area contributed by atoms with Gasteiger partial charge >= 0.3 is 0 Å². The molecule has 0 aliphatic carbocycles. The van der Waals surface area contributed by atoms with E-state index in [-0.39, 0.29) is 18.4 Å². The van der Waals surface area contributed by atoms with Gasteiger partial charge in [-0.3, -0.25) is 9.59 Å². The second-order valence-corrected chi connectivity index (χ2v) is 6.96. The highest BCUT2D eigenvalue weighted by Crippen LogP contribution is 2.18. The van der Waals surface area contributed by atoms with Crippen molar-refractivity contribution in [3.8, 4) is 5.75 Å². The molecule has 2 aromatic rings. The number of carbonyl (C=O) groups is 2. The van der Waals surface area contributed by atoms with Gasteiger partial charge in [0.2, 0.25) is 11.8 Å². The highest BCUT2D eigenvalue weighted by atomic mass is 16.5. The van der Waals surface area contributed by atoms with Crippen LogP contribution in [0.4, 0.5) is 17.1 Å². The molecule has 2 rings (SSSR count). The number of rotatable bonds is 11. The number of hydrogen-bond donors (Lipinski definition) is 2. The van der Waals surface area contributed by atoms with E-state index in [1.54, 1.807) is 36.2 Å². The Morgan fingerprint density at radius 3 is 2.21 bits per heavy atom. The molecule has 29 heavy (non-hydrogen) atoms. The van der Waals surface area contributed by atoms with Crippen LogP contribution in [0.3, 0.4) is 0 Å². The van der Waals surface area contributed by atoms with Crippen LogP contribution in [0.15, 0.2) is 48.5 Å². The molecule has 0 saturated heterocycles. The molecular weight excluding hydrogens is 366 g/mol. The van der Waals surface area contributed by atoms with Crippen LogP contribution in [-0.2, 0) is 9.59 Å². The Morgan fingerprint density at radius 2 is 1.59 bits per heavy atom. The van der Waals surface area contributed by atoms with E-state index in [1.807, 2.05) is 24.3 Å². The minimum Gasteiger partial charge on any atom is -0.494 e. The Morgan fingerprint density at radius 1 is 0.931 bits per heavy atom. The Balaban J connectivity index is 1.74. The van der Waals surface area contributed by atoms with Crippen LogP contribution in [0.5, 0.6) is 5.75 Å². The predicted octanol–water partition coefficient (Wildman–Crippen LogP) is 4.68. The lowest BCUT2D eigenvalue weighted by Gasteiger charge is -2.15. The van der Waals surface area contributed by atoms with Crippen molar-refractivity contribution < 1.29 is 14.3 Å². The number of unbranched alkanes of at least 4 members (excludes halogenated alkanes) is 3. The van der Waals surface area contributed by atoms with Crippen LogP contribution in [0.1, 0.15) is 39.5 Å². The fourth-order valence-electron chi connectivity index (χ4n) is 2.73. The molecule has 0 atom stereocenters. The summed E-state index contributed by atoms with van der Waals surface area (Å²) in [6.07, 6.45) is 4.73. The summed E-state index contributed by atoms with van der Waals surface area (Å²) < 4.78 is 5.72. The number of nitrogens with one attached hydrogen (secondary N) is 2. The van der Waals surface area contributed by atoms with Gasteiger partial charge in [-0.1, -0.05) is 26.2 Å². The molecule has 156 valence electrons. The molecule has 0 unspecified atom stereocenters. The van der Waals surface area contributed by atoms with E-state index >= 15 is 0 Å². The third-order valence-corrected chi connectivity index (χ3v) is 4.58. The average molecular weight is 398 g/mol. The van der Waals surface area contributed by atoms with Crippen LogP contribution in [0.2, 0.25) is 0 Å². The van der Waals surface area contributed by atoms with Crippen molar-refractivity contribution in [1.29, 1.82) is 0 Å². The highest BCUT2D eigenvalue weighted by Gasteiger charge is 2.06. The van der Waals surface area contributed by atoms with Gasteiger partial charge in [0.1, 0.15) is 5.75 Å². The molecule has 0 aromatic heterocycles. The van der Waals surface area contributed by atoms with E-state index in [4.69, 9.17) is 4.74 Å². The van der Waals surface area contributed by atoms with Crippen LogP contribution < -0.4 is 20.3 Å². The van der Waals surface area contributed by atoms with Crippen molar-refractivity contribution >= 4 is 28.9 Å². The van der Waals surface area contributed by atoms with Crippen LogP contribution >= 0.6 is 0 Å². The van der Waals surface area contributed by atoms with E-state index in [0.29, 0.717) is 5.69 Å². The first-order valence-corrected chi connectivity index (χ1v) is 10.1. The number of nitrogens with zero attached hydrogens (tertiary/aromatic N) is 1. The average Bonchev–Trinajstić information content (AvgIpc) is 2.73. The van der Waals surface area contributed by atoms with E-state index in [0.717, 1.165) is 30.2 Å². The first-order valence-electron chi connectivity index (χ1n) is 10.1. The van der Waals surface area contributed by atoms with Crippen molar-refractivity contribution in [2.24, 2.45) is 0 Å². The normalized spacial score (nSPS) is 10.3. The second-order valence-electron chi connectivity index (χ2n) is 6.96. The maximum atomic E-state index is 12.1. The lowest BCUT2D eigenvalue weighted by molar-refractivity contribution is -0.116. The topological polar surface area (TPSA) is 70.7 Å². The van der Waals surface area contributed by atoms with E-state index in [9.17, 15) is 9.59 Å². The third-order valence-electron chi connectivity index (χ3n) is 4.58. The molecule has 0 radical (unpaired) electrons. The molecule has 2 amide bonds. The number of ether oxygens (including phenoxy) is 1. The van der Waals surface area contributed by atoms with Gasteiger partial charge in [-0.05, 0) is 55.0 Å². The van der Waals surface area contributed by atoms with Gasteiger partial charge in [0, 0.05) is 31.0 Å². The quantitative estimate of drug-likeness (QED) is 0.540. The maximum Gasteiger partial charge on any atom is 0.243 e. The Hall–Kier alpha value is -3.02. The number of benzene rings is 2. The maximum absolute atomic E-state index is 12.1. The molecule has 0 fully saturated rings. The first-order chi connectivity index (χ1) is 14.0. The standard InChI is InChI=1S/C23H31N3O3/c1-4-5-6-7-16-29-22-14-10-19(11-15-22)24-17-23(28)25-20-8-12-21(13-9-20)26(3)18(2)27/h8-15,24H,4-7,16-17H2,1-3H3,(H,25,28). The Labute approximate surface area is 173 Å². The SMILES string of the molecule is CCCCCCOc1ccc(NCC(=O)Nc2ccc(N(C)C(C)=O)cc2)cc1. The van der Waals surface area contributed by atoms with Gasteiger partial charge < -0.3 is 20.3 Å². The van der Waals surface area contributed by atoms with Gasteiger partial charge in [-0.15, -0.1) is 0 Å². The minimum atomic E-state index is -0.145. The Bertz CT molecular complexity index is 773. The monoisotopic (exact) mass is 397 g/mol. The zero-order valence-electron chi connectivity index (χ0n) is 17.5. The summed E-state index contributed by atoms with van der Waals surface area (Å²) in [5, 5.41) is 5.93. The first kappa shape index (κ1) is 22.3. The lowest BCUT2D eigenvalue weighted by Crippen LogP contribution is -2.23. The summed E-state index contributed by atoms with van der Waals surface area (Å²) in [7, 11) is 1.71. The number of anilines is 3. The predicted molar refractivity (Wildman–Crippen MR) is 119 cm³/mol. The van der Waals surface area contributed by atoms with Crippen molar-refractivity contribution in [2.75, 3.05) is 35.7 Å². The third kappa shape index (κ3) is 7.86. The van der Waals surface area contributed by atoms with Crippen LogP contribution in [-0.4, -0.2) is 32.0 Å². The molecule has 0 spiro atoms. The summed E-state index contributed by atoms with van der Waals surface area (Å²) in [6, 6.07) is 14.8. The molecule has 0 saturated carbocycles. The summed E-state index contributed by atoms with van der Waals surface area (Å²) in [5.41, 5.74) is 2.32. The van der Waals surface area contributed by atoms with Crippen molar-refractivity contribution in [2.45, 2.75) is 39.5 Å². The number of carbonyl (C=O) groups excluding carboxylic acids is 2. The van der Waals surface area contributed by atoms with Gasteiger partial charge in [-0.25, -0.2) is 0 Å². The zero-order valence-corrected chi connectivity index (χ0v) is 17.5. The summed E-state index contributed by atoms with van der Waals surface area (Å²) in [5.74, 6) is 0.653. The molecule has 6 heteroatoms. The van der Waals surface area contributed by atoms with Gasteiger partial charge in [-0.2, -0.15) is 0 Å². The fraction of sp³-hybridized carbons (Fsp3) is 0.391. The summed E-state index contributed by atoms with van der Waals surface area (Å²) in [4.78, 5) is 25.1. The second kappa shape index (κ2) is 11.7. The lowest BCUT2D eigenvalue weighted by atomic mass is 10.2. The molecule has 6 nitrogen and oxygen atoms in total. The summed E-state index contributed by atoms with van der Waals surface area (Å²) >= 11 is 0.